The van der Waals surface area contributed by atoms with Crippen LogP contribution in [0.25, 0.3) is 10.4 Å². The van der Waals surface area contributed by atoms with E-state index < -0.39 is 37.1 Å². The molecule has 1 saturated heterocycles. The lowest BCUT2D eigenvalue weighted by atomic mass is 9.95. The summed E-state index contributed by atoms with van der Waals surface area (Å²) < 4.78 is 18.9. The largest absolute Gasteiger partial charge is 0.394 e. The first kappa shape index (κ1) is 22.1. The third kappa shape index (κ3) is 4.57. The second kappa shape index (κ2) is 9.16. The fraction of sp³-hybridized carbons (Fsp3) is 0.333. The van der Waals surface area contributed by atoms with Crippen LogP contribution >= 0.6 is 11.3 Å². The van der Waals surface area contributed by atoms with Crippen LogP contribution < -0.4 is 0 Å². The minimum absolute atomic E-state index is 0.261. The van der Waals surface area contributed by atoms with Gasteiger partial charge in [0.1, 0.15) is 36.3 Å². The van der Waals surface area contributed by atoms with Gasteiger partial charge in [0.15, 0.2) is 0 Å². The lowest BCUT2D eigenvalue weighted by molar-refractivity contribution is -0.0820. The first-order valence-corrected chi connectivity index (χ1v) is 10.9. The van der Waals surface area contributed by atoms with Gasteiger partial charge in [0.25, 0.3) is 0 Å². The highest BCUT2D eigenvalue weighted by Crippen LogP contribution is 2.36. The van der Waals surface area contributed by atoms with E-state index in [1.165, 1.54) is 12.1 Å². The number of aliphatic hydroxyl groups is 4. The van der Waals surface area contributed by atoms with Crippen LogP contribution in [0.2, 0.25) is 0 Å². The standard InChI is InChI=1S/C24H25FO5S/c1-13-2-3-15(23-21(28)22(29)24(30-23)19(27)12-26)10-16(13)11-18-8-9-20(31-18)14-4-6-17(25)7-5-14/h2-10,19,21-24,26-29H,11-12H2,1H3/t19-,21+,22+,23-,24?/m1/s1. The minimum atomic E-state index is -1.28. The Hall–Kier alpha value is -2.13. The summed E-state index contributed by atoms with van der Waals surface area (Å²) in [5.41, 5.74) is 3.81. The molecule has 4 N–H and O–H groups in total. The smallest absolute Gasteiger partial charge is 0.123 e. The number of hydrogen-bond donors (Lipinski definition) is 4. The summed E-state index contributed by atoms with van der Waals surface area (Å²) >= 11 is 1.64. The van der Waals surface area contributed by atoms with E-state index in [0.29, 0.717) is 12.0 Å². The predicted octanol–water partition coefficient (Wildman–Crippen LogP) is 2.97. The van der Waals surface area contributed by atoms with Crippen molar-refractivity contribution in [1.82, 2.24) is 0 Å². The lowest BCUT2D eigenvalue weighted by Crippen LogP contribution is -2.40. The molecule has 1 fully saturated rings. The van der Waals surface area contributed by atoms with Crippen molar-refractivity contribution in [3.05, 3.63) is 82.0 Å². The van der Waals surface area contributed by atoms with Gasteiger partial charge in [-0.1, -0.05) is 30.3 Å². The van der Waals surface area contributed by atoms with E-state index in [4.69, 9.17) is 9.84 Å². The molecule has 2 heterocycles. The monoisotopic (exact) mass is 444 g/mol. The van der Waals surface area contributed by atoms with Gasteiger partial charge in [0.2, 0.25) is 0 Å². The molecule has 1 aliphatic rings. The molecular formula is C24H25FO5S. The second-order valence-corrected chi connectivity index (χ2v) is 9.06. The second-order valence-electron chi connectivity index (χ2n) is 7.89. The highest BCUT2D eigenvalue weighted by molar-refractivity contribution is 7.15. The van der Waals surface area contributed by atoms with Crippen LogP contribution in [0.4, 0.5) is 4.39 Å². The van der Waals surface area contributed by atoms with Crippen LogP contribution in [-0.2, 0) is 11.2 Å². The highest BCUT2D eigenvalue weighted by Gasteiger charge is 2.46. The summed E-state index contributed by atoms with van der Waals surface area (Å²) in [5.74, 6) is -0.261. The highest BCUT2D eigenvalue weighted by atomic mass is 32.1. The average Bonchev–Trinajstić information content (AvgIpc) is 3.35. The number of rotatable bonds is 6. The SMILES string of the molecule is Cc1ccc([C@H]2OC([C@H](O)CO)[C@@H](O)[C@@H]2O)cc1Cc1ccc(-c2ccc(F)cc2)s1. The minimum Gasteiger partial charge on any atom is -0.394 e. The molecule has 7 heteroatoms. The van der Waals surface area contributed by atoms with Crippen molar-refractivity contribution in [2.45, 2.75) is 43.9 Å². The molecule has 4 rings (SSSR count). The van der Waals surface area contributed by atoms with Crippen LogP contribution in [-0.4, -0.2) is 51.4 Å². The quantitative estimate of drug-likeness (QED) is 0.469. The first-order chi connectivity index (χ1) is 14.9. The van der Waals surface area contributed by atoms with E-state index in [0.717, 1.165) is 26.4 Å². The van der Waals surface area contributed by atoms with E-state index in [2.05, 4.69) is 0 Å². The number of aliphatic hydroxyl groups excluding tert-OH is 4. The molecule has 1 aromatic heterocycles. The van der Waals surface area contributed by atoms with Gasteiger partial charge in [0, 0.05) is 16.2 Å². The van der Waals surface area contributed by atoms with Crippen molar-refractivity contribution in [3.8, 4) is 10.4 Å². The van der Waals surface area contributed by atoms with Gasteiger partial charge in [-0.05, 0) is 53.4 Å². The number of hydrogen-bond acceptors (Lipinski definition) is 6. The molecule has 2 aromatic carbocycles. The fourth-order valence-corrected chi connectivity index (χ4v) is 4.93. The van der Waals surface area contributed by atoms with Crippen molar-refractivity contribution in [2.75, 3.05) is 6.61 Å². The third-order valence-corrected chi connectivity index (χ3v) is 6.86. The molecular weight excluding hydrogens is 419 g/mol. The first-order valence-electron chi connectivity index (χ1n) is 10.1. The molecule has 5 atom stereocenters. The van der Waals surface area contributed by atoms with Crippen molar-refractivity contribution >= 4 is 11.3 Å². The summed E-state index contributed by atoms with van der Waals surface area (Å²) in [7, 11) is 0. The maximum atomic E-state index is 13.2. The molecule has 5 nitrogen and oxygen atoms in total. The maximum Gasteiger partial charge on any atom is 0.123 e. The van der Waals surface area contributed by atoms with Crippen LogP contribution in [0.3, 0.4) is 0 Å². The molecule has 0 bridgehead atoms. The van der Waals surface area contributed by atoms with Gasteiger partial charge >= 0.3 is 0 Å². The molecule has 0 spiro atoms. The van der Waals surface area contributed by atoms with Gasteiger partial charge < -0.3 is 25.2 Å². The van der Waals surface area contributed by atoms with E-state index in [9.17, 15) is 19.7 Å². The van der Waals surface area contributed by atoms with Gasteiger partial charge in [-0.2, -0.15) is 0 Å². The summed E-state index contributed by atoms with van der Waals surface area (Å²) in [6.07, 6.45) is -4.92. The van der Waals surface area contributed by atoms with Crippen LogP contribution in [0.15, 0.2) is 54.6 Å². The summed E-state index contributed by atoms with van der Waals surface area (Å²) in [6, 6.07) is 16.2. The molecule has 1 aliphatic heterocycles. The molecule has 31 heavy (non-hydrogen) atoms. The molecule has 3 aromatic rings. The predicted molar refractivity (Wildman–Crippen MR) is 116 cm³/mol. The Morgan fingerprint density at radius 3 is 2.48 bits per heavy atom. The Labute approximate surface area is 184 Å². The van der Waals surface area contributed by atoms with Gasteiger partial charge in [-0.25, -0.2) is 4.39 Å². The lowest BCUT2D eigenvalue weighted by Gasteiger charge is -2.19. The van der Waals surface area contributed by atoms with Crippen molar-refractivity contribution in [2.24, 2.45) is 0 Å². The molecule has 0 amide bonds. The van der Waals surface area contributed by atoms with E-state index in [1.807, 2.05) is 37.3 Å². The number of benzene rings is 2. The van der Waals surface area contributed by atoms with Crippen LogP contribution in [0.5, 0.6) is 0 Å². The average molecular weight is 445 g/mol. The Morgan fingerprint density at radius 2 is 1.77 bits per heavy atom. The van der Waals surface area contributed by atoms with Gasteiger partial charge in [-0.3, -0.25) is 0 Å². The molecule has 1 unspecified atom stereocenters. The molecule has 0 saturated carbocycles. The topological polar surface area (TPSA) is 90.2 Å². The zero-order chi connectivity index (χ0) is 22.1. The van der Waals surface area contributed by atoms with Crippen molar-refractivity contribution < 1.29 is 29.6 Å². The van der Waals surface area contributed by atoms with E-state index >= 15 is 0 Å². The number of aryl methyl sites for hydroxylation is 1. The molecule has 0 radical (unpaired) electrons. The third-order valence-electron chi connectivity index (χ3n) is 5.72. The van der Waals surface area contributed by atoms with Crippen LogP contribution in [0.1, 0.15) is 27.7 Å². The Balaban J connectivity index is 1.54. The summed E-state index contributed by atoms with van der Waals surface area (Å²) in [6.45, 7) is 1.45. The Morgan fingerprint density at radius 1 is 1.03 bits per heavy atom. The van der Waals surface area contributed by atoms with Crippen molar-refractivity contribution in [1.29, 1.82) is 0 Å². The fourth-order valence-electron chi connectivity index (χ4n) is 3.89. The Kier molecular flexibility index (Phi) is 6.52. The number of halogens is 1. The normalized spacial score (nSPS) is 24.5. The number of ether oxygens (including phenoxy) is 1. The van der Waals surface area contributed by atoms with Gasteiger partial charge in [0.05, 0.1) is 6.61 Å². The summed E-state index contributed by atoms with van der Waals surface area (Å²) in [5, 5.41) is 39.7. The summed E-state index contributed by atoms with van der Waals surface area (Å²) in [4.78, 5) is 2.20. The zero-order valence-corrected chi connectivity index (χ0v) is 17.8. The van der Waals surface area contributed by atoms with Crippen molar-refractivity contribution in [3.63, 3.8) is 0 Å². The number of thiophene rings is 1. The molecule has 0 aliphatic carbocycles. The molecule has 164 valence electrons. The van der Waals surface area contributed by atoms with Crippen LogP contribution in [0, 0.1) is 12.7 Å². The van der Waals surface area contributed by atoms with Gasteiger partial charge in [-0.15, -0.1) is 11.3 Å². The maximum absolute atomic E-state index is 13.2. The van der Waals surface area contributed by atoms with E-state index in [-0.39, 0.29) is 5.82 Å². The zero-order valence-electron chi connectivity index (χ0n) is 17.0. The Bertz CT molecular complexity index is 1030. The van der Waals surface area contributed by atoms with E-state index in [1.54, 1.807) is 23.5 Å².